The van der Waals surface area contributed by atoms with Gasteiger partial charge in [0.1, 0.15) is 11.4 Å². The van der Waals surface area contributed by atoms with Crippen molar-refractivity contribution in [3.8, 4) is 16.9 Å². The van der Waals surface area contributed by atoms with Crippen LogP contribution in [-0.2, 0) is 6.42 Å². The Kier molecular flexibility index (Phi) is 5.80. The molecule has 0 saturated heterocycles. The van der Waals surface area contributed by atoms with Crippen LogP contribution in [0.2, 0.25) is 5.02 Å². The van der Waals surface area contributed by atoms with Crippen molar-refractivity contribution in [1.82, 2.24) is 9.88 Å². The maximum atomic E-state index is 12.0. The summed E-state index contributed by atoms with van der Waals surface area (Å²) in [7, 11) is 5.02. The van der Waals surface area contributed by atoms with Gasteiger partial charge in [-0.1, -0.05) is 17.7 Å². The Balaban J connectivity index is 2.57. The van der Waals surface area contributed by atoms with Gasteiger partial charge in [0.05, 0.1) is 7.11 Å². The summed E-state index contributed by atoms with van der Waals surface area (Å²) in [5.74, 6) is 0.607. The molecule has 0 saturated carbocycles. The number of carbonyl (C=O) groups is 1. The standard InChI is InChI=1S/C18H22ClN3O2/c1-11-14(19)9-12(7-8-20)17(24-4)16(11)13-5-6-15(21-10-13)18(23)22(2)3/h5-6,9-10H,7-8,20H2,1-4H3. The third-order valence-corrected chi connectivity index (χ3v) is 4.24. The Morgan fingerprint density at radius 3 is 2.58 bits per heavy atom. The van der Waals surface area contributed by atoms with Gasteiger partial charge in [-0.2, -0.15) is 0 Å². The van der Waals surface area contributed by atoms with E-state index in [-0.39, 0.29) is 5.91 Å². The van der Waals surface area contributed by atoms with Crippen LogP contribution in [0, 0.1) is 6.92 Å². The van der Waals surface area contributed by atoms with Gasteiger partial charge in [0.25, 0.3) is 5.91 Å². The van der Waals surface area contributed by atoms with Crippen LogP contribution in [0.1, 0.15) is 21.6 Å². The van der Waals surface area contributed by atoms with E-state index < -0.39 is 0 Å². The van der Waals surface area contributed by atoms with Crippen molar-refractivity contribution in [2.24, 2.45) is 5.73 Å². The number of benzene rings is 1. The van der Waals surface area contributed by atoms with Crippen LogP contribution in [0.15, 0.2) is 24.4 Å². The van der Waals surface area contributed by atoms with E-state index in [1.807, 2.05) is 19.1 Å². The van der Waals surface area contributed by atoms with Crippen LogP contribution < -0.4 is 10.5 Å². The number of ether oxygens (including phenoxy) is 1. The molecule has 2 rings (SSSR count). The summed E-state index contributed by atoms with van der Waals surface area (Å²) in [6, 6.07) is 5.46. The zero-order valence-corrected chi connectivity index (χ0v) is 15.1. The summed E-state index contributed by atoms with van der Waals surface area (Å²) >= 11 is 6.38. The molecule has 1 heterocycles. The Labute approximate surface area is 147 Å². The van der Waals surface area contributed by atoms with E-state index in [4.69, 9.17) is 22.1 Å². The first-order chi connectivity index (χ1) is 11.4. The normalized spacial score (nSPS) is 10.6. The highest BCUT2D eigenvalue weighted by Crippen LogP contribution is 2.39. The molecule has 0 aliphatic carbocycles. The predicted molar refractivity (Wildman–Crippen MR) is 96.7 cm³/mol. The van der Waals surface area contributed by atoms with E-state index >= 15 is 0 Å². The van der Waals surface area contributed by atoms with E-state index in [2.05, 4.69) is 4.98 Å². The summed E-state index contributed by atoms with van der Waals surface area (Å²) in [4.78, 5) is 17.8. The molecule has 2 aromatic rings. The van der Waals surface area contributed by atoms with Crippen molar-refractivity contribution in [3.63, 3.8) is 0 Å². The third kappa shape index (κ3) is 3.52. The SMILES string of the molecule is COc1c(CCN)cc(Cl)c(C)c1-c1ccc(C(=O)N(C)C)nc1. The number of pyridine rings is 1. The van der Waals surface area contributed by atoms with Crippen molar-refractivity contribution >= 4 is 17.5 Å². The number of nitrogens with two attached hydrogens (primary N) is 1. The van der Waals surface area contributed by atoms with Gasteiger partial charge in [0, 0.05) is 36.4 Å². The van der Waals surface area contributed by atoms with Gasteiger partial charge in [0.2, 0.25) is 0 Å². The molecule has 1 amide bonds. The van der Waals surface area contributed by atoms with Crippen LogP contribution in [0.25, 0.3) is 11.1 Å². The van der Waals surface area contributed by atoms with Crippen LogP contribution in [0.5, 0.6) is 5.75 Å². The van der Waals surface area contributed by atoms with Gasteiger partial charge in [-0.05, 0) is 43.1 Å². The molecule has 0 radical (unpaired) electrons. The molecule has 2 N–H and O–H groups in total. The number of amides is 1. The van der Waals surface area contributed by atoms with Crippen LogP contribution in [0.3, 0.4) is 0 Å². The quantitative estimate of drug-likeness (QED) is 0.903. The Bertz CT molecular complexity index is 743. The number of halogens is 1. The lowest BCUT2D eigenvalue weighted by atomic mass is 9.96. The molecule has 1 aromatic heterocycles. The van der Waals surface area contributed by atoms with E-state index in [0.29, 0.717) is 23.7 Å². The highest BCUT2D eigenvalue weighted by Gasteiger charge is 2.18. The summed E-state index contributed by atoms with van der Waals surface area (Å²) in [5, 5.41) is 0.655. The number of carbonyl (C=O) groups excluding carboxylic acids is 1. The van der Waals surface area contributed by atoms with Crippen molar-refractivity contribution < 1.29 is 9.53 Å². The summed E-state index contributed by atoms with van der Waals surface area (Å²) in [5.41, 5.74) is 9.67. The van der Waals surface area contributed by atoms with Gasteiger partial charge >= 0.3 is 0 Å². The van der Waals surface area contributed by atoms with E-state index in [1.165, 1.54) is 4.90 Å². The Morgan fingerprint density at radius 2 is 2.08 bits per heavy atom. The summed E-state index contributed by atoms with van der Waals surface area (Å²) in [6.07, 6.45) is 2.34. The predicted octanol–water partition coefficient (Wildman–Crippen LogP) is 2.92. The molecule has 24 heavy (non-hydrogen) atoms. The van der Waals surface area contributed by atoms with Crippen LogP contribution in [-0.4, -0.2) is 43.5 Å². The number of rotatable bonds is 5. The highest BCUT2D eigenvalue weighted by molar-refractivity contribution is 6.32. The number of hydrogen-bond acceptors (Lipinski definition) is 4. The fourth-order valence-electron chi connectivity index (χ4n) is 2.60. The van der Waals surface area contributed by atoms with E-state index in [0.717, 1.165) is 28.0 Å². The largest absolute Gasteiger partial charge is 0.496 e. The maximum Gasteiger partial charge on any atom is 0.271 e. The minimum atomic E-state index is -0.139. The lowest BCUT2D eigenvalue weighted by Gasteiger charge is -2.18. The monoisotopic (exact) mass is 347 g/mol. The first kappa shape index (κ1) is 18.2. The molecule has 5 nitrogen and oxygen atoms in total. The molecule has 0 aliphatic rings. The van der Waals surface area contributed by atoms with Crippen LogP contribution in [0.4, 0.5) is 0 Å². The van der Waals surface area contributed by atoms with Crippen molar-refractivity contribution in [3.05, 3.63) is 46.2 Å². The summed E-state index contributed by atoms with van der Waals surface area (Å²) in [6.45, 7) is 2.44. The first-order valence-electron chi connectivity index (χ1n) is 7.64. The molecular weight excluding hydrogens is 326 g/mol. The zero-order valence-electron chi connectivity index (χ0n) is 14.4. The zero-order chi connectivity index (χ0) is 17.9. The average Bonchev–Trinajstić information content (AvgIpc) is 2.57. The average molecular weight is 348 g/mol. The third-order valence-electron chi connectivity index (χ3n) is 3.85. The number of nitrogens with zero attached hydrogens (tertiary/aromatic N) is 2. The van der Waals surface area contributed by atoms with Gasteiger partial charge in [-0.3, -0.25) is 9.78 Å². The lowest BCUT2D eigenvalue weighted by molar-refractivity contribution is 0.0822. The number of methoxy groups -OCH3 is 1. The number of aromatic nitrogens is 1. The molecule has 6 heteroatoms. The van der Waals surface area contributed by atoms with E-state index in [1.54, 1.807) is 33.5 Å². The van der Waals surface area contributed by atoms with E-state index in [9.17, 15) is 4.79 Å². The highest BCUT2D eigenvalue weighted by atomic mass is 35.5. The van der Waals surface area contributed by atoms with Crippen molar-refractivity contribution in [2.75, 3.05) is 27.7 Å². The van der Waals surface area contributed by atoms with Gasteiger partial charge in [-0.15, -0.1) is 0 Å². The molecule has 0 unspecified atom stereocenters. The number of hydrogen-bond donors (Lipinski definition) is 1. The maximum absolute atomic E-state index is 12.0. The van der Waals surface area contributed by atoms with Crippen molar-refractivity contribution in [2.45, 2.75) is 13.3 Å². The molecule has 0 fully saturated rings. The first-order valence-corrected chi connectivity index (χ1v) is 8.02. The van der Waals surface area contributed by atoms with Gasteiger partial charge < -0.3 is 15.4 Å². The fraction of sp³-hybridized carbons (Fsp3) is 0.333. The molecule has 128 valence electrons. The lowest BCUT2D eigenvalue weighted by Crippen LogP contribution is -2.22. The fourth-order valence-corrected chi connectivity index (χ4v) is 2.82. The molecule has 0 bridgehead atoms. The topological polar surface area (TPSA) is 68.5 Å². The molecular formula is C18H22ClN3O2. The van der Waals surface area contributed by atoms with Gasteiger partial charge in [-0.25, -0.2) is 0 Å². The molecule has 0 atom stereocenters. The van der Waals surface area contributed by atoms with Gasteiger partial charge in [0.15, 0.2) is 0 Å². The second-order valence-electron chi connectivity index (χ2n) is 5.72. The summed E-state index contributed by atoms with van der Waals surface area (Å²) < 4.78 is 5.62. The minimum absolute atomic E-state index is 0.139. The second kappa shape index (κ2) is 7.64. The Morgan fingerprint density at radius 1 is 1.38 bits per heavy atom. The Hall–Kier alpha value is -2.11. The minimum Gasteiger partial charge on any atom is -0.496 e. The molecule has 0 aliphatic heterocycles. The second-order valence-corrected chi connectivity index (χ2v) is 6.13. The van der Waals surface area contributed by atoms with Crippen LogP contribution >= 0.6 is 11.6 Å². The smallest absolute Gasteiger partial charge is 0.271 e. The van der Waals surface area contributed by atoms with Crippen molar-refractivity contribution in [1.29, 1.82) is 0 Å². The molecule has 1 aromatic carbocycles. The molecule has 0 spiro atoms.